The van der Waals surface area contributed by atoms with E-state index < -0.39 is 17.8 Å². The number of rotatable bonds is 3. The number of anilines is 1. The van der Waals surface area contributed by atoms with E-state index in [-0.39, 0.29) is 13.2 Å². The summed E-state index contributed by atoms with van der Waals surface area (Å²) in [5.41, 5.74) is 1.89. The minimum atomic E-state index is -1.04. The molecule has 1 aliphatic rings. The topological polar surface area (TPSA) is 83.9 Å². The highest BCUT2D eigenvalue weighted by Gasteiger charge is 2.28. The summed E-state index contributed by atoms with van der Waals surface area (Å²) in [6, 6.07) is 4.99. The number of nitrogens with zero attached hydrogens (tertiary/aromatic N) is 1. The van der Waals surface area contributed by atoms with Gasteiger partial charge in [-0.1, -0.05) is 6.07 Å². The van der Waals surface area contributed by atoms with E-state index in [9.17, 15) is 14.4 Å². The van der Waals surface area contributed by atoms with Crippen LogP contribution in [0.2, 0.25) is 0 Å². The number of ether oxygens (including phenoxy) is 1. The number of hydrogen-bond donors (Lipinski definition) is 1. The van der Waals surface area contributed by atoms with Crippen molar-refractivity contribution >= 4 is 29.5 Å². The van der Waals surface area contributed by atoms with Crippen LogP contribution >= 0.6 is 0 Å². The van der Waals surface area contributed by atoms with Gasteiger partial charge in [0, 0.05) is 6.08 Å². The van der Waals surface area contributed by atoms with Crippen LogP contribution < -0.4 is 4.90 Å². The Morgan fingerprint density at radius 1 is 1.30 bits per heavy atom. The van der Waals surface area contributed by atoms with Gasteiger partial charge in [-0.25, -0.2) is 9.69 Å². The lowest BCUT2D eigenvalue weighted by molar-refractivity contribution is -0.138. The third kappa shape index (κ3) is 2.92. The second kappa shape index (κ2) is 5.66. The maximum absolute atomic E-state index is 11.7. The van der Waals surface area contributed by atoms with Crippen LogP contribution in [0.5, 0.6) is 0 Å². The van der Waals surface area contributed by atoms with Crippen LogP contribution in [-0.4, -0.2) is 36.1 Å². The van der Waals surface area contributed by atoms with Crippen molar-refractivity contribution < 1.29 is 24.2 Å². The normalized spacial score (nSPS) is 15.9. The van der Waals surface area contributed by atoms with Crippen molar-refractivity contribution in [2.75, 3.05) is 18.1 Å². The standard InChI is InChI=1S/C14H13NO5/c1-9-6-10(3-5-14(18)19)2-4-11(9)15-12(16)7-20-8-13(15)17/h2-6H,7-8H2,1H3,(H,18,19). The minimum absolute atomic E-state index is 0.119. The lowest BCUT2D eigenvalue weighted by Crippen LogP contribution is -2.46. The Hall–Kier alpha value is -2.47. The highest BCUT2D eigenvalue weighted by Crippen LogP contribution is 2.23. The first-order valence-electron chi connectivity index (χ1n) is 5.94. The van der Waals surface area contributed by atoms with Crippen LogP contribution in [0.3, 0.4) is 0 Å². The summed E-state index contributed by atoms with van der Waals surface area (Å²) in [4.78, 5) is 35.1. The van der Waals surface area contributed by atoms with Gasteiger partial charge in [-0.15, -0.1) is 0 Å². The van der Waals surface area contributed by atoms with E-state index >= 15 is 0 Å². The average Bonchev–Trinajstić information content (AvgIpc) is 2.38. The molecule has 1 aliphatic heterocycles. The lowest BCUT2D eigenvalue weighted by atomic mass is 10.1. The van der Waals surface area contributed by atoms with Gasteiger partial charge in [0.1, 0.15) is 13.2 Å². The van der Waals surface area contributed by atoms with Gasteiger partial charge in [-0.3, -0.25) is 9.59 Å². The molecule has 0 unspecified atom stereocenters. The molecule has 0 saturated carbocycles. The molecule has 2 amide bonds. The Kier molecular flexibility index (Phi) is 3.95. The summed E-state index contributed by atoms with van der Waals surface area (Å²) < 4.78 is 4.86. The molecular weight excluding hydrogens is 262 g/mol. The van der Waals surface area contributed by atoms with Crippen LogP contribution in [0.4, 0.5) is 5.69 Å². The van der Waals surface area contributed by atoms with Crippen LogP contribution in [-0.2, 0) is 19.1 Å². The third-order valence-electron chi connectivity index (χ3n) is 2.83. The van der Waals surface area contributed by atoms with Crippen LogP contribution in [0.15, 0.2) is 24.3 Å². The molecule has 0 spiro atoms. The maximum atomic E-state index is 11.7. The maximum Gasteiger partial charge on any atom is 0.328 e. The monoisotopic (exact) mass is 275 g/mol. The van der Waals surface area contributed by atoms with E-state index in [1.165, 1.54) is 6.08 Å². The second-order valence-electron chi connectivity index (χ2n) is 4.33. The number of carboxylic acids is 1. The molecule has 1 aromatic carbocycles. The number of carbonyl (C=O) groups is 3. The van der Waals surface area contributed by atoms with Crippen molar-refractivity contribution in [2.24, 2.45) is 0 Å². The number of aryl methyl sites for hydroxylation is 1. The largest absolute Gasteiger partial charge is 0.478 e. The summed E-state index contributed by atoms with van der Waals surface area (Å²) >= 11 is 0. The van der Waals surface area contributed by atoms with Gasteiger partial charge in [0.15, 0.2) is 0 Å². The molecule has 1 aromatic rings. The number of morpholine rings is 1. The highest BCUT2D eigenvalue weighted by atomic mass is 16.5. The van der Waals surface area contributed by atoms with E-state index in [1.807, 2.05) is 0 Å². The molecule has 2 rings (SSSR count). The summed E-state index contributed by atoms with van der Waals surface area (Å²) in [5.74, 6) is -1.85. The van der Waals surface area contributed by atoms with Gasteiger partial charge in [0.2, 0.25) is 0 Å². The Morgan fingerprint density at radius 3 is 2.50 bits per heavy atom. The van der Waals surface area contributed by atoms with Crippen molar-refractivity contribution in [2.45, 2.75) is 6.92 Å². The number of aliphatic carboxylic acids is 1. The molecule has 1 N–H and O–H groups in total. The fraction of sp³-hybridized carbons (Fsp3) is 0.214. The van der Waals surface area contributed by atoms with Gasteiger partial charge in [-0.05, 0) is 36.3 Å². The van der Waals surface area contributed by atoms with E-state index in [0.717, 1.165) is 11.0 Å². The fourth-order valence-electron chi connectivity index (χ4n) is 1.96. The number of imide groups is 1. The highest BCUT2D eigenvalue weighted by molar-refractivity contribution is 6.17. The van der Waals surface area contributed by atoms with E-state index in [0.29, 0.717) is 16.8 Å². The zero-order valence-electron chi connectivity index (χ0n) is 10.8. The first-order valence-corrected chi connectivity index (χ1v) is 5.94. The molecule has 1 heterocycles. The van der Waals surface area contributed by atoms with Crippen molar-refractivity contribution in [3.63, 3.8) is 0 Å². The van der Waals surface area contributed by atoms with Gasteiger partial charge >= 0.3 is 5.97 Å². The zero-order chi connectivity index (χ0) is 14.7. The van der Waals surface area contributed by atoms with Gasteiger partial charge in [0.25, 0.3) is 11.8 Å². The number of carboxylic acid groups (broad SMARTS) is 1. The molecule has 0 atom stereocenters. The van der Waals surface area contributed by atoms with Gasteiger partial charge in [0.05, 0.1) is 5.69 Å². The zero-order valence-corrected chi connectivity index (χ0v) is 10.8. The number of hydrogen-bond acceptors (Lipinski definition) is 4. The molecule has 0 aromatic heterocycles. The van der Waals surface area contributed by atoms with E-state index in [2.05, 4.69) is 0 Å². The predicted octanol–water partition coefficient (Wildman–Crippen LogP) is 0.983. The smallest absolute Gasteiger partial charge is 0.328 e. The van der Waals surface area contributed by atoms with Crippen molar-refractivity contribution in [3.05, 3.63) is 35.4 Å². The first kappa shape index (κ1) is 14.0. The van der Waals surface area contributed by atoms with Gasteiger partial charge in [-0.2, -0.15) is 0 Å². The molecule has 6 nitrogen and oxygen atoms in total. The summed E-state index contributed by atoms with van der Waals surface area (Å²) in [6.07, 6.45) is 2.47. The molecule has 6 heteroatoms. The predicted molar refractivity (Wildman–Crippen MR) is 71.2 cm³/mol. The lowest BCUT2D eigenvalue weighted by Gasteiger charge is -2.26. The molecule has 104 valence electrons. The third-order valence-corrected chi connectivity index (χ3v) is 2.83. The molecule has 1 fully saturated rings. The SMILES string of the molecule is Cc1cc(C=CC(=O)O)ccc1N1C(=O)COCC1=O. The fourth-order valence-corrected chi connectivity index (χ4v) is 1.96. The minimum Gasteiger partial charge on any atom is -0.478 e. The molecule has 0 bridgehead atoms. The Balaban J connectivity index is 2.31. The van der Waals surface area contributed by atoms with Gasteiger partial charge < -0.3 is 9.84 Å². The van der Waals surface area contributed by atoms with E-state index in [4.69, 9.17) is 9.84 Å². The van der Waals surface area contributed by atoms with E-state index in [1.54, 1.807) is 25.1 Å². The Bertz CT molecular complexity index is 590. The molecule has 1 saturated heterocycles. The molecule has 0 radical (unpaired) electrons. The van der Waals surface area contributed by atoms with Crippen LogP contribution in [0.25, 0.3) is 6.08 Å². The summed E-state index contributed by atoms with van der Waals surface area (Å²) in [7, 11) is 0. The van der Waals surface area contributed by atoms with Crippen molar-refractivity contribution in [1.82, 2.24) is 0 Å². The summed E-state index contributed by atoms with van der Waals surface area (Å²) in [6.45, 7) is 1.52. The van der Waals surface area contributed by atoms with Crippen LogP contribution in [0, 0.1) is 6.92 Å². The Labute approximate surface area is 115 Å². The number of carbonyl (C=O) groups excluding carboxylic acids is 2. The van der Waals surface area contributed by atoms with Crippen LogP contribution in [0.1, 0.15) is 11.1 Å². The Morgan fingerprint density at radius 2 is 1.95 bits per heavy atom. The molecule has 20 heavy (non-hydrogen) atoms. The number of benzene rings is 1. The average molecular weight is 275 g/mol. The van der Waals surface area contributed by atoms with Crippen molar-refractivity contribution in [1.29, 1.82) is 0 Å². The quantitative estimate of drug-likeness (QED) is 0.656. The number of amides is 2. The van der Waals surface area contributed by atoms with Crippen molar-refractivity contribution in [3.8, 4) is 0 Å². The summed E-state index contributed by atoms with van der Waals surface area (Å²) in [5, 5.41) is 8.57. The molecular formula is C14H13NO5. The molecule has 0 aliphatic carbocycles. The first-order chi connectivity index (χ1) is 9.49. The second-order valence-corrected chi connectivity index (χ2v) is 4.33.